The lowest BCUT2D eigenvalue weighted by Crippen LogP contribution is -2.25. The van der Waals surface area contributed by atoms with E-state index >= 15 is 0 Å². The Morgan fingerprint density at radius 2 is 1.80 bits per heavy atom. The first-order valence-electron chi connectivity index (χ1n) is 7.53. The van der Waals surface area contributed by atoms with Gasteiger partial charge >= 0.3 is 0 Å². The van der Waals surface area contributed by atoms with E-state index in [1.54, 1.807) is 6.08 Å². The third-order valence-electron chi connectivity index (χ3n) is 4.15. The van der Waals surface area contributed by atoms with Crippen LogP contribution in [0.4, 0.5) is 5.69 Å². The summed E-state index contributed by atoms with van der Waals surface area (Å²) in [5.74, 6) is 1.70. The lowest BCUT2D eigenvalue weighted by molar-refractivity contribution is 0.0958. The quantitative estimate of drug-likeness (QED) is 0.747. The van der Waals surface area contributed by atoms with Crippen molar-refractivity contribution in [3.63, 3.8) is 0 Å². The molecule has 3 nitrogen and oxygen atoms in total. The standard InChI is InChI=1S/C17H22N2O/c1-2-11-18-17(20)14-7-9-15(10-8-14)19-16(12-3-4-12)13-5-6-13/h2,7-10,12-13,16,19H,1,3-6,11H2,(H,18,20). The maximum absolute atomic E-state index is 11.8. The van der Waals surface area contributed by atoms with Gasteiger partial charge in [-0.2, -0.15) is 0 Å². The smallest absolute Gasteiger partial charge is 0.251 e. The van der Waals surface area contributed by atoms with Gasteiger partial charge < -0.3 is 10.6 Å². The summed E-state index contributed by atoms with van der Waals surface area (Å²) >= 11 is 0. The first-order valence-corrected chi connectivity index (χ1v) is 7.53. The lowest BCUT2D eigenvalue weighted by Gasteiger charge is -2.19. The largest absolute Gasteiger partial charge is 0.382 e. The van der Waals surface area contributed by atoms with E-state index in [-0.39, 0.29) is 5.91 Å². The van der Waals surface area contributed by atoms with Gasteiger partial charge in [0.1, 0.15) is 0 Å². The molecule has 3 rings (SSSR count). The summed E-state index contributed by atoms with van der Waals surface area (Å²) in [7, 11) is 0. The van der Waals surface area contributed by atoms with Gasteiger partial charge in [-0.05, 0) is 61.8 Å². The molecule has 1 amide bonds. The summed E-state index contributed by atoms with van der Waals surface area (Å²) in [6, 6.07) is 8.45. The number of rotatable bonds is 7. The Labute approximate surface area is 120 Å². The van der Waals surface area contributed by atoms with Gasteiger partial charge in [0.05, 0.1) is 0 Å². The van der Waals surface area contributed by atoms with Crippen LogP contribution < -0.4 is 10.6 Å². The average Bonchev–Trinajstić information content (AvgIpc) is 3.36. The molecule has 0 aromatic heterocycles. The van der Waals surface area contributed by atoms with Gasteiger partial charge in [0.15, 0.2) is 0 Å². The van der Waals surface area contributed by atoms with Crippen LogP contribution in [0, 0.1) is 11.8 Å². The van der Waals surface area contributed by atoms with Crippen LogP contribution in [0.3, 0.4) is 0 Å². The molecular formula is C17H22N2O. The monoisotopic (exact) mass is 270 g/mol. The number of anilines is 1. The predicted octanol–water partition coefficient (Wildman–Crippen LogP) is 3.20. The van der Waals surface area contributed by atoms with E-state index in [1.807, 2.05) is 24.3 Å². The molecule has 0 heterocycles. The maximum Gasteiger partial charge on any atom is 0.251 e. The molecule has 0 saturated heterocycles. The third kappa shape index (κ3) is 3.21. The van der Waals surface area contributed by atoms with Crippen LogP contribution in [0.15, 0.2) is 36.9 Å². The summed E-state index contributed by atoms with van der Waals surface area (Å²) < 4.78 is 0. The van der Waals surface area contributed by atoms with Crippen molar-refractivity contribution in [3.05, 3.63) is 42.5 Å². The van der Waals surface area contributed by atoms with E-state index in [9.17, 15) is 4.79 Å². The van der Waals surface area contributed by atoms with Crippen LogP contribution in [0.5, 0.6) is 0 Å². The highest BCUT2D eigenvalue weighted by molar-refractivity contribution is 5.94. The van der Waals surface area contributed by atoms with Gasteiger partial charge in [-0.25, -0.2) is 0 Å². The van der Waals surface area contributed by atoms with Gasteiger partial charge in [0.2, 0.25) is 0 Å². The molecule has 3 heteroatoms. The van der Waals surface area contributed by atoms with Crippen molar-refractivity contribution in [1.82, 2.24) is 5.32 Å². The molecule has 0 aliphatic heterocycles. The molecule has 2 saturated carbocycles. The van der Waals surface area contributed by atoms with Crippen LogP contribution in [0.1, 0.15) is 36.0 Å². The third-order valence-corrected chi connectivity index (χ3v) is 4.15. The number of nitrogens with one attached hydrogen (secondary N) is 2. The normalized spacial score (nSPS) is 17.9. The average molecular weight is 270 g/mol. The van der Waals surface area contributed by atoms with Gasteiger partial charge in [-0.3, -0.25) is 4.79 Å². The molecule has 1 aromatic rings. The van der Waals surface area contributed by atoms with Gasteiger partial charge in [-0.15, -0.1) is 6.58 Å². The zero-order valence-corrected chi connectivity index (χ0v) is 11.8. The fourth-order valence-corrected chi connectivity index (χ4v) is 2.71. The zero-order chi connectivity index (χ0) is 13.9. The van der Waals surface area contributed by atoms with Crippen molar-refractivity contribution in [3.8, 4) is 0 Å². The molecule has 0 bridgehead atoms. The molecule has 2 aliphatic carbocycles. The molecule has 0 radical (unpaired) electrons. The highest BCUT2D eigenvalue weighted by Gasteiger charge is 2.41. The summed E-state index contributed by atoms with van der Waals surface area (Å²) in [5, 5.41) is 6.45. The number of carbonyl (C=O) groups is 1. The van der Waals surface area contributed by atoms with Gasteiger partial charge in [0.25, 0.3) is 5.91 Å². The SMILES string of the molecule is C=CCNC(=O)c1ccc(NC(C2CC2)C2CC2)cc1. The van der Waals surface area contributed by atoms with E-state index in [0.717, 1.165) is 17.5 Å². The fraction of sp³-hybridized carbons (Fsp3) is 0.471. The van der Waals surface area contributed by atoms with E-state index in [1.165, 1.54) is 25.7 Å². The van der Waals surface area contributed by atoms with Crippen LogP contribution in [0.2, 0.25) is 0 Å². The highest BCUT2D eigenvalue weighted by Crippen LogP contribution is 2.45. The van der Waals surface area contributed by atoms with E-state index in [4.69, 9.17) is 0 Å². The van der Waals surface area contributed by atoms with Gasteiger partial charge in [-0.1, -0.05) is 6.08 Å². The molecule has 20 heavy (non-hydrogen) atoms. The number of benzene rings is 1. The van der Waals surface area contributed by atoms with Crippen molar-refractivity contribution in [1.29, 1.82) is 0 Å². The minimum Gasteiger partial charge on any atom is -0.382 e. The second-order valence-corrected chi connectivity index (χ2v) is 5.92. The van der Waals surface area contributed by atoms with Crippen LogP contribution in [-0.2, 0) is 0 Å². The van der Waals surface area contributed by atoms with Crippen molar-refractivity contribution in [2.75, 3.05) is 11.9 Å². The molecule has 1 aromatic carbocycles. The number of hydrogen-bond donors (Lipinski definition) is 2. The first-order chi connectivity index (χ1) is 9.78. The Morgan fingerprint density at radius 1 is 1.20 bits per heavy atom. The Bertz CT molecular complexity index is 474. The second-order valence-electron chi connectivity index (χ2n) is 5.92. The minimum atomic E-state index is -0.0441. The zero-order valence-electron chi connectivity index (χ0n) is 11.8. The number of carbonyl (C=O) groups excluding carboxylic acids is 1. The summed E-state index contributed by atoms with van der Waals surface area (Å²) in [5.41, 5.74) is 1.83. The summed E-state index contributed by atoms with van der Waals surface area (Å²) in [6.45, 7) is 4.10. The topological polar surface area (TPSA) is 41.1 Å². The molecule has 2 N–H and O–H groups in total. The van der Waals surface area contributed by atoms with Crippen molar-refractivity contribution >= 4 is 11.6 Å². The number of amides is 1. The molecule has 0 unspecified atom stereocenters. The Balaban J connectivity index is 1.60. The van der Waals surface area contributed by atoms with Crippen molar-refractivity contribution in [2.24, 2.45) is 11.8 Å². The van der Waals surface area contributed by atoms with E-state index < -0.39 is 0 Å². The highest BCUT2D eigenvalue weighted by atomic mass is 16.1. The maximum atomic E-state index is 11.8. The molecule has 106 valence electrons. The minimum absolute atomic E-state index is 0.0441. The molecule has 2 fully saturated rings. The Hall–Kier alpha value is -1.77. The second kappa shape index (κ2) is 5.70. The predicted molar refractivity (Wildman–Crippen MR) is 81.8 cm³/mol. The van der Waals surface area contributed by atoms with Crippen LogP contribution >= 0.6 is 0 Å². The van der Waals surface area contributed by atoms with Gasteiger partial charge in [0, 0.05) is 23.8 Å². The fourth-order valence-electron chi connectivity index (χ4n) is 2.71. The lowest BCUT2D eigenvalue weighted by atomic mass is 10.1. The van der Waals surface area contributed by atoms with Crippen LogP contribution in [0.25, 0.3) is 0 Å². The summed E-state index contributed by atoms with van der Waals surface area (Å²) in [6.07, 6.45) is 7.17. The molecule has 2 aliphatic rings. The van der Waals surface area contributed by atoms with Crippen molar-refractivity contribution < 1.29 is 4.79 Å². The number of hydrogen-bond acceptors (Lipinski definition) is 2. The molecular weight excluding hydrogens is 248 g/mol. The molecule has 0 atom stereocenters. The van der Waals surface area contributed by atoms with Crippen LogP contribution in [-0.4, -0.2) is 18.5 Å². The Morgan fingerprint density at radius 3 is 2.30 bits per heavy atom. The first kappa shape index (κ1) is 13.2. The molecule has 0 spiro atoms. The Kier molecular flexibility index (Phi) is 3.77. The van der Waals surface area contributed by atoms with E-state index in [0.29, 0.717) is 18.2 Å². The van der Waals surface area contributed by atoms with E-state index in [2.05, 4.69) is 17.2 Å². The van der Waals surface area contributed by atoms with Crippen molar-refractivity contribution in [2.45, 2.75) is 31.7 Å². The summed E-state index contributed by atoms with van der Waals surface area (Å²) in [4.78, 5) is 11.8.